The first-order valence-corrected chi connectivity index (χ1v) is 8.26. The van der Waals surface area contributed by atoms with E-state index >= 15 is 0 Å². The molecule has 0 fully saturated rings. The van der Waals surface area contributed by atoms with Crippen LogP contribution in [0.5, 0.6) is 0 Å². The van der Waals surface area contributed by atoms with Crippen LogP contribution >= 0.6 is 58.4 Å². The van der Waals surface area contributed by atoms with Crippen LogP contribution in [0.2, 0.25) is 0 Å². The van der Waals surface area contributed by atoms with E-state index < -0.39 is 23.8 Å². The average molecular weight is 360 g/mol. The third-order valence-corrected chi connectivity index (χ3v) is 7.47. The van der Waals surface area contributed by atoms with Crippen molar-refractivity contribution in [2.75, 3.05) is 6.54 Å². The zero-order valence-corrected chi connectivity index (χ0v) is 13.6. The fourth-order valence-corrected chi connectivity index (χ4v) is 4.18. The number of hydrogen-bond acceptors (Lipinski definition) is 4. The molecular formula is C7H10Cl4N2O2S2. The Labute approximate surface area is 125 Å². The average Bonchev–Trinajstić information content (AvgIpc) is 2.24. The number of nitrogens with zero attached hydrogens (tertiary/aromatic N) is 2. The molecule has 4 nitrogen and oxygen atoms in total. The van der Waals surface area contributed by atoms with Crippen molar-refractivity contribution in [1.82, 2.24) is 3.71 Å². The lowest BCUT2D eigenvalue weighted by Crippen LogP contribution is -2.36. The minimum Gasteiger partial charge on any atom is -0.210 e. The fourth-order valence-electron chi connectivity index (χ4n) is 0.715. The van der Waals surface area contributed by atoms with Gasteiger partial charge in [0, 0.05) is 6.54 Å². The Morgan fingerprint density at radius 1 is 1.47 bits per heavy atom. The largest absolute Gasteiger partial charge is 0.239 e. The van der Waals surface area contributed by atoms with Crippen molar-refractivity contribution in [2.45, 2.75) is 27.6 Å². The highest BCUT2D eigenvalue weighted by molar-refractivity contribution is 8.11. The van der Waals surface area contributed by atoms with Crippen LogP contribution in [0.3, 0.4) is 0 Å². The second kappa shape index (κ2) is 6.90. The Morgan fingerprint density at radius 3 is 2.24 bits per heavy atom. The number of hydrogen-bond donors (Lipinski definition) is 0. The van der Waals surface area contributed by atoms with Crippen molar-refractivity contribution < 1.29 is 8.42 Å². The summed E-state index contributed by atoms with van der Waals surface area (Å²) < 4.78 is 22.9. The van der Waals surface area contributed by atoms with Crippen molar-refractivity contribution in [3.05, 3.63) is 0 Å². The van der Waals surface area contributed by atoms with E-state index in [0.717, 1.165) is 3.71 Å². The highest BCUT2D eigenvalue weighted by atomic mass is 35.5. The minimum atomic E-state index is -3.82. The topological polar surface area (TPSA) is 61.2 Å². The summed E-state index contributed by atoms with van der Waals surface area (Å²) in [5.41, 5.74) is 0. The van der Waals surface area contributed by atoms with Gasteiger partial charge in [-0.3, -0.25) is 0 Å². The molecule has 0 N–H and O–H groups in total. The SMILES string of the molecule is CCN(SC(Cl)(Cl)C(Cl)Cl)S(=O)(=O)C(C)C#N. The Balaban J connectivity index is 5.08. The smallest absolute Gasteiger partial charge is 0.210 e. The van der Waals surface area contributed by atoms with Crippen LogP contribution < -0.4 is 0 Å². The summed E-state index contributed by atoms with van der Waals surface area (Å²) in [5.74, 6) is 0. The minimum absolute atomic E-state index is 0.0840. The van der Waals surface area contributed by atoms with Gasteiger partial charge in [0.05, 0.1) is 6.07 Å². The van der Waals surface area contributed by atoms with E-state index in [-0.39, 0.29) is 6.54 Å². The lowest BCUT2D eigenvalue weighted by Gasteiger charge is -2.27. The lowest BCUT2D eigenvalue weighted by atomic mass is 10.5. The Morgan fingerprint density at radius 2 is 1.94 bits per heavy atom. The van der Waals surface area contributed by atoms with Crippen molar-refractivity contribution in [3.63, 3.8) is 0 Å². The summed E-state index contributed by atoms with van der Waals surface area (Å²) in [4.78, 5) is -1.18. The summed E-state index contributed by atoms with van der Waals surface area (Å²) in [6, 6.07) is 1.64. The first-order chi connectivity index (χ1) is 7.59. The van der Waals surface area contributed by atoms with Crippen molar-refractivity contribution >= 4 is 68.4 Å². The molecule has 0 bridgehead atoms. The summed E-state index contributed by atoms with van der Waals surface area (Å²) in [6.45, 7) is 2.93. The molecule has 0 radical (unpaired) electrons. The van der Waals surface area contributed by atoms with Crippen LogP contribution in [0.4, 0.5) is 0 Å². The molecule has 0 aliphatic rings. The fraction of sp³-hybridized carbons (Fsp3) is 0.857. The molecule has 0 heterocycles. The van der Waals surface area contributed by atoms with Crippen LogP contribution in [0.15, 0.2) is 0 Å². The molecule has 0 saturated heterocycles. The molecule has 0 aliphatic carbocycles. The zero-order chi connectivity index (χ0) is 13.9. The van der Waals surface area contributed by atoms with Crippen LogP contribution in [0, 0.1) is 11.3 Å². The van der Waals surface area contributed by atoms with Gasteiger partial charge in [-0.1, -0.05) is 30.1 Å². The molecule has 17 heavy (non-hydrogen) atoms. The highest BCUT2D eigenvalue weighted by Crippen LogP contribution is 2.45. The van der Waals surface area contributed by atoms with Crippen molar-refractivity contribution in [3.8, 4) is 6.07 Å². The first kappa shape index (κ1) is 17.9. The first-order valence-electron chi connectivity index (χ1n) is 4.35. The van der Waals surface area contributed by atoms with Gasteiger partial charge >= 0.3 is 0 Å². The summed E-state index contributed by atoms with van der Waals surface area (Å²) in [6.07, 6.45) is 0. The molecule has 0 saturated carbocycles. The van der Waals surface area contributed by atoms with Crippen LogP contribution in [-0.2, 0) is 10.0 Å². The van der Waals surface area contributed by atoms with Crippen molar-refractivity contribution in [2.24, 2.45) is 0 Å². The Bertz CT molecular complexity index is 393. The summed E-state index contributed by atoms with van der Waals surface area (Å²) in [5, 5.41) is 7.43. The van der Waals surface area contributed by atoms with E-state index in [1.165, 1.54) is 6.92 Å². The van der Waals surface area contributed by atoms with Crippen LogP contribution in [-0.4, -0.2) is 32.4 Å². The Hall–Kier alpha value is 0.910. The molecular weight excluding hydrogens is 350 g/mol. The van der Waals surface area contributed by atoms with E-state index in [1.807, 2.05) is 0 Å². The molecule has 0 amide bonds. The normalized spacial score (nSPS) is 15.0. The maximum Gasteiger partial charge on any atom is 0.239 e. The van der Waals surface area contributed by atoms with E-state index in [0.29, 0.717) is 11.9 Å². The van der Waals surface area contributed by atoms with Crippen LogP contribution in [0.1, 0.15) is 13.8 Å². The summed E-state index contributed by atoms with van der Waals surface area (Å²) >= 11 is 23.2. The lowest BCUT2D eigenvalue weighted by molar-refractivity contribution is 0.544. The third kappa shape index (κ3) is 4.83. The standard InChI is InChI=1S/C7H10Cl4N2O2S2/c1-3-13(16-7(10,11)6(8)9)17(14,15)5(2)4-12/h5-6H,3H2,1-2H3. The second-order valence-electron chi connectivity index (χ2n) is 2.89. The van der Waals surface area contributed by atoms with Crippen LogP contribution in [0.25, 0.3) is 0 Å². The van der Waals surface area contributed by atoms with Gasteiger partial charge in [-0.2, -0.15) is 5.26 Å². The van der Waals surface area contributed by atoms with E-state index in [4.69, 9.17) is 51.7 Å². The second-order valence-corrected chi connectivity index (χ2v) is 9.50. The summed E-state index contributed by atoms with van der Waals surface area (Å²) in [7, 11) is -3.82. The molecule has 0 aliphatic heterocycles. The number of alkyl halides is 4. The third-order valence-electron chi connectivity index (χ3n) is 1.65. The maximum atomic E-state index is 11.9. The van der Waals surface area contributed by atoms with Gasteiger partial charge in [-0.25, -0.2) is 8.42 Å². The monoisotopic (exact) mass is 358 g/mol. The molecule has 1 unspecified atom stereocenters. The number of sulfonamides is 1. The van der Waals surface area contributed by atoms with E-state index in [9.17, 15) is 8.42 Å². The van der Waals surface area contributed by atoms with Gasteiger partial charge in [-0.05, 0) is 18.9 Å². The number of rotatable bonds is 6. The van der Waals surface area contributed by atoms with Gasteiger partial charge in [0.2, 0.25) is 13.7 Å². The number of halogens is 4. The molecule has 0 spiro atoms. The van der Waals surface area contributed by atoms with Gasteiger partial charge < -0.3 is 0 Å². The molecule has 0 aromatic heterocycles. The molecule has 0 rings (SSSR count). The molecule has 10 heteroatoms. The van der Waals surface area contributed by atoms with E-state index in [2.05, 4.69) is 0 Å². The van der Waals surface area contributed by atoms with Gasteiger partial charge in [0.1, 0.15) is 0 Å². The predicted molar refractivity (Wildman–Crippen MR) is 73.9 cm³/mol. The van der Waals surface area contributed by atoms with Gasteiger partial charge in [-0.15, -0.1) is 26.9 Å². The molecule has 0 aromatic carbocycles. The zero-order valence-electron chi connectivity index (χ0n) is 8.90. The predicted octanol–water partition coefficient (Wildman–Crippen LogP) is 3.13. The van der Waals surface area contributed by atoms with Gasteiger partial charge in [0.25, 0.3) is 0 Å². The highest BCUT2D eigenvalue weighted by Gasteiger charge is 2.40. The molecule has 0 aromatic rings. The quantitative estimate of drug-likeness (QED) is 0.539. The number of nitriles is 1. The molecule has 100 valence electrons. The molecule has 1 atom stereocenters. The van der Waals surface area contributed by atoms with Gasteiger partial charge in [0.15, 0.2) is 10.1 Å². The maximum absolute atomic E-state index is 11.9. The Kier molecular flexibility index (Phi) is 7.27. The van der Waals surface area contributed by atoms with E-state index in [1.54, 1.807) is 13.0 Å². The van der Waals surface area contributed by atoms with Crippen molar-refractivity contribution in [1.29, 1.82) is 5.26 Å².